The second-order valence-corrected chi connectivity index (χ2v) is 8.60. The topological polar surface area (TPSA) is 0 Å². The molecule has 0 atom stereocenters. The number of rotatable bonds is 4. The molecule has 0 radical (unpaired) electrons. The van der Waals surface area contributed by atoms with E-state index in [1.165, 1.54) is 27.8 Å². The van der Waals surface area contributed by atoms with Crippen molar-refractivity contribution < 1.29 is 0 Å². The first kappa shape index (κ1) is 18.5. The largest absolute Gasteiger partial charge is 0.0801 e. The molecule has 3 aromatic rings. The highest BCUT2D eigenvalue weighted by Crippen LogP contribution is 2.51. The van der Waals surface area contributed by atoms with Crippen LogP contribution >= 0.6 is 0 Å². The number of hydrogen-bond donors (Lipinski definition) is 0. The summed E-state index contributed by atoms with van der Waals surface area (Å²) in [5, 5.41) is 0. The summed E-state index contributed by atoms with van der Waals surface area (Å²) in [5.41, 5.74) is 6.71. The minimum atomic E-state index is -0.296. The van der Waals surface area contributed by atoms with E-state index in [0.29, 0.717) is 0 Å². The molecule has 0 amide bonds. The van der Waals surface area contributed by atoms with Crippen LogP contribution in [0, 0.1) is 5.41 Å². The van der Waals surface area contributed by atoms with Crippen LogP contribution in [0.15, 0.2) is 114 Å². The highest BCUT2D eigenvalue weighted by Gasteiger charge is 2.42. The van der Waals surface area contributed by atoms with Gasteiger partial charge in [0.25, 0.3) is 0 Å². The van der Waals surface area contributed by atoms with Gasteiger partial charge in [0.1, 0.15) is 0 Å². The van der Waals surface area contributed by atoms with Gasteiger partial charge >= 0.3 is 0 Å². The average molecular weight is 365 g/mol. The molecule has 0 bridgehead atoms. The molecular weight excluding hydrogens is 336 g/mol. The van der Waals surface area contributed by atoms with E-state index < -0.39 is 0 Å². The van der Waals surface area contributed by atoms with Crippen LogP contribution in [0.3, 0.4) is 0 Å². The zero-order valence-corrected chi connectivity index (χ0v) is 17.0. The third-order valence-corrected chi connectivity index (χ3v) is 5.81. The Kier molecular flexibility index (Phi) is 4.81. The van der Waals surface area contributed by atoms with Crippen LogP contribution in [0.5, 0.6) is 0 Å². The van der Waals surface area contributed by atoms with Crippen LogP contribution < -0.4 is 0 Å². The third-order valence-electron chi connectivity index (χ3n) is 5.81. The fourth-order valence-corrected chi connectivity index (χ4v) is 4.65. The first-order valence-electron chi connectivity index (χ1n) is 10.1. The van der Waals surface area contributed by atoms with Gasteiger partial charge in [-0.05, 0) is 39.7 Å². The fourth-order valence-electron chi connectivity index (χ4n) is 4.65. The Hall–Kier alpha value is -2.86. The third kappa shape index (κ3) is 3.03. The lowest BCUT2D eigenvalue weighted by molar-refractivity contribution is 0.503. The Bertz CT molecular complexity index is 888. The van der Waals surface area contributed by atoms with Gasteiger partial charge in [0, 0.05) is 0 Å². The predicted molar refractivity (Wildman–Crippen MR) is 119 cm³/mol. The first-order valence-corrected chi connectivity index (χ1v) is 10.1. The van der Waals surface area contributed by atoms with Gasteiger partial charge in [0.05, 0.1) is 5.41 Å². The van der Waals surface area contributed by atoms with Gasteiger partial charge in [-0.15, -0.1) is 0 Å². The van der Waals surface area contributed by atoms with E-state index in [0.717, 1.165) is 6.42 Å². The standard InChI is InChI=1S/C28H28/c1-27(2,3)25-20-13-21-26(25)28(22-14-7-4-8-15-22,23-16-9-5-10-17-23)24-18-11-6-12-19-24/h4-20H,21H2,1-3H3. The van der Waals surface area contributed by atoms with Crippen LogP contribution in [0.2, 0.25) is 0 Å². The molecule has 0 heterocycles. The van der Waals surface area contributed by atoms with Crippen molar-refractivity contribution in [1.29, 1.82) is 0 Å². The van der Waals surface area contributed by atoms with Gasteiger partial charge in [0.2, 0.25) is 0 Å². The van der Waals surface area contributed by atoms with Crippen LogP contribution in [-0.4, -0.2) is 0 Å². The van der Waals surface area contributed by atoms with E-state index in [2.05, 4.69) is 124 Å². The lowest BCUT2D eigenvalue weighted by Crippen LogP contribution is -2.33. The molecule has 4 rings (SSSR count). The molecule has 1 aliphatic carbocycles. The van der Waals surface area contributed by atoms with Gasteiger partial charge in [0.15, 0.2) is 0 Å². The molecule has 0 heteroatoms. The minimum absolute atomic E-state index is 0.0892. The molecule has 28 heavy (non-hydrogen) atoms. The van der Waals surface area contributed by atoms with Crippen molar-refractivity contribution in [2.45, 2.75) is 32.6 Å². The molecule has 0 nitrogen and oxygen atoms in total. The summed E-state index contributed by atoms with van der Waals surface area (Å²) in [6.45, 7) is 6.97. The van der Waals surface area contributed by atoms with Crippen molar-refractivity contribution >= 4 is 0 Å². The molecule has 140 valence electrons. The molecular formula is C28H28. The van der Waals surface area contributed by atoms with E-state index in [-0.39, 0.29) is 10.8 Å². The maximum absolute atomic E-state index is 2.35. The zero-order chi connectivity index (χ0) is 19.6. The summed E-state index contributed by atoms with van der Waals surface area (Å²) < 4.78 is 0. The molecule has 0 fully saturated rings. The Balaban J connectivity index is 2.15. The predicted octanol–water partition coefficient (Wildman–Crippen LogP) is 7.32. The summed E-state index contributed by atoms with van der Waals surface area (Å²) in [4.78, 5) is 0. The second-order valence-electron chi connectivity index (χ2n) is 8.60. The highest BCUT2D eigenvalue weighted by molar-refractivity contribution is 5.62. The van der Waals surface area contributed by atoms with E-state index in [4.69, 9.17) is 0 Å². The van der Waals surface area contributed by atoms with Gasteiger partial charge in [-0.3, -0.25) is 0 Å². The summed E-state index contributed by atoms with van der Waals surface area (Å²) in [6, 6.07) is 33.0. The van der Waals surface area contributed by atoms with Crippen molar-refractivity contribution in [2.75, 3.05) is 0 Å². The molecule has 0 N–H and O–H groups in total. The maximum Gasteiger partial charge on any atom is 0.0670 e. The molecule has 0 saturated heterocycles. The maximum atomic E-state index is 2.35. The Morgan fingerprint density at radius 2 is 0.964 bits per heavy atom. The van der Waals surface area contributed by atoms with E-state index >= 15 is 0 Å². The number of hydrogen-bond acceptors (Lipinski definition) is 0. The van der Waals surface area contributed by atoms with Crippen molar-refractivity contribution in [3.05, 3.63) is 131 Å². The van der Waals surface area contributed by atoms with Gasteiger partial charge in [-0.25, -0.2) is 0 Å². The Labute approximate surface area is 169 Å². The average Bonchev–Trinajstić information content (AvgIpc) is 3.22. The van der Waals surface area contributed by atoms with Crippen LogP contribution in [0.4, 0.5) is 0 Å². The van der Waals surface area contributed by atoms with Gasteiger partial charge in [-0.2, -0.15) is 0 Å². The van der Waals surface area contributed by atoms with E-state index in [9.17, 15) is 0 Å². The quantitative estimate of drug-likeness (QED) is 0.425. The summed E-state index contributed by atoms with van der Waals surface area (Å²) in [7, 11) is 0. The van der Waals surface area contributed by atoms with Crippen molar-refractivity contribution in [3.8, 4) is 0 Å². The van der Waals surface area contributed by atoms with Crippen LogP contribution in [-0.2, 0) is 5.41 Å². The Morgan fingerprint density at radius 3 is 1.32 bits per heavy atom. The highest BCUT2D eigenvalue weighted by atomic mass is 14.4. The van der Waals surface area contributed by atoms with Gasteiger partial charge < -0.3 is 0 Å². The minimum Gasteiger partial charge on any atom is -0.0801 e. The first-order chi connectivity index (χ1) is 13.5. The molecule has 3 aromatic carbocycles. The van der Waals surface area contributed by atoms with E-state index in [1.807, 2.05) is 0 Å². The lowest BCUT2D eigenvalue weighted by atomic mass is 9.62. The lowest BCUT2D eigenvalue weighted by Gasteiger charge is -2.40. The van der Waals surface area contributed by atoms with Gasteiger partial charge in [-0.1, -0.05) is 124 Å². The smallest absolute Gasteiger partial charge is 0.0670 e. The molecule has 0 unspecified atom stereocenters. The fraction of sp³-hybridized carbons (Fsp3) is 0.214. The van der Waals surface area contributed by atoms with E-state index in [1.54, 1.807) is 0 Å². The Morgan fingerprint density at radius 1 is 0.571 bits per heavy atom. The summed E-state index contributed by atoms with van der Waals surface area (Å²) in [6.07, 6.45) is 5.66. The number of allylic oxidation sites excluding steroid dienone is 4. The zero-order valence-electron chi connectivity index (χ0n) is 17.0. The SMILES string of the molecule is CC(C)(C)C1=C(C(c2ccccc2)(c2ccccc2)c2ccccc2)CC=C1. The molecule has 0 aliphatic heterocycles. The molecule has 0 spiro atoms. The summed E-state index contributed by atoms with van der Waals surface area (Å²) in [5.74, 6) is 0. The van der Waals surface area contributed by atoms with Crippen LogP contribution in [0.25, 0.3) is 0 Å². The van der Waals surface area contributed by atoms with Crippen LogP contribution in [0.1, 0.15) is 43.9 Å². The van der Waals surface area contributed by atoms with Crippen molar-refractivity contribution in [3.63, 3.8) is 0 Å². The molecule has 0 aromatic heterocycles. The van der Waals surface area contributed by atoms with Crippen molar-refractivity contribution in [1.82, 2.24) is 0 Å². The van der Waals surface area contributed by atoms with Crippen molar-refractivity contribution in [2.24, 2.45) is 5.41 Å². The molecule has 0 saturated carbocycles. The summed E-state index contributed by atoms with van der Waals surface area (Å²) >= 11 is 0. The number of benzene rings is 3. The monoisotopic (exact) mass is 364 g/mol. The second kappa shape index (κ2) is 7.28. The molecule has 1 aliphatic rings. The normalized spacial score (nSPS) is 14.5.